The van der Waals surface area contributed by atoms with Crippen LogP contribution in [0, 0.1) is 11.3 Å². The Morgan fingerprint density at radius 3 is 2.70 bits per heavy atom. The zero-order valence-corrected chi connectivity index (χ0v) is 6.85. The predicted octanol–water partition coefficient (Wildman–Crippen LogP) is 1.72. The molecule has 0 unspecified atom stereocenters. The standard InChI is InChI=1S/C8H16N2/c1-7-4-3-5-10(6-7)8(2)9/h7,9H,3-6H2,1-2H3/t7-/m1/s1. The molecule has 0 saturated carbocycles. The van der Waals surface area contributed by atoms with E-state index in [0.717, 1.165) is 24.8 Å². The molecule has 0 aromatic heterocycles. The summed E-state index contributed by atoms with van der Waals surface area (Å²) in [5.74, 6) is 1.51. The smallest absolute Gasteiger partial charge is 0.0925 e. The summed E-state index contributed by atoms with van der Waals surface area (Å²) in [6, 6.07) is 0. The molecule has 58 valence electrons. The summed E-state index contributed by atoms with van der Waals surface area (Å²) in [4.78, 5) is 2.16. The molecular formula is C8H16N2. The van der Waals surface area contributed by atoms with Crippen LogP contribution in [0.2, 0.25) is 0 Å². The highest BCUT2D eigenvalue weighted by Crippen LogP contribution is 2.14. The van der Waals surface area contributed by atoms with E-state index in [1.807, 2.05) is 6.92 Å². The van der Waals surface area contributed by atoms with Gasteiger partial charge in [-0.3, -0.25) is 5.41 Å². The molecule has 1 N–H and O–H groups in total. The number of hydrogen-bond acceptors (Lipinski definition) is 1. The lowest BCUT2D eigenvalue weighted by Gasteiger charge is -2.31. The van der Waals surface area contributed by atoms with Crippen molar-refractivity contribution in [2.45, 2.75) is 26.7 Å². The molecule has 1 saturated heterocycles. The van der Waals surface area contributed by atoms with Crippen LogP contribution in [0.15, 0.2) is 0 Å². The van der Waals surface area contributed by atoms with Crippen molar-refractivity contribution in [1.29, 1.82) is 5.41 Å². The Balaban J connectivity index is 2.39. The van der Waals surface area contributed by atoms with E-state index in [4.69, 9.17) is 5.41 Å². The molecule has 2 nitrogen and oxygen atoms in total. The molecule has 2 heteroatoms. The van der Waals surface area contributed by atoms with Gasteiger partial charge in [0.05, 0.1) is 5.84 Å². The third-order valence-electron chi connectivity index (χ3n) is 2.13. The monoisotopic (exact) mass is 140 g/mol. The summed E-state index contributed by atoms with van der Waals surface area (Å²) in [5.41, 5.74) is 0. The van der Waals surface area contributed by atoms with Gasteiger partial charge in [0.15, 0.2) is 0 Å². The van der Waals surface area contributed by atoms with Gasteiger partial charge in [-0.25, -0.2) is 0 Å². The van der Waals surface area contributed by atoms with Gasteiger partial charge in [-0.1, -0.05) is 6.92 Å². The minimum absolute atomic E-state index is 0.728. The van der Waals surface area contributed by atoms with E-state index in [2.05, 4.69) is 11.8 Å². The molecule has 1 aliphatic rings. The summed E-state index contributed by atoms with van der Waals surface area (Å²) in [5, 5.41) is 7.40. The minimum atomic E-state index is 0.728. The molecular weight excluding hydrogens is 124 g/mol. The fourth-order valence-corrected chi connectivity index (χ4v) is 1.49. The molecule has 1 fully saturated rings. The quantitative estimate of drug-likeness (QED) is 0.402. The second kappa shape index (κ2) is 3.04. The van der Waals surface area contributed by atoms with Gasteiger partial charge in [-0.05, 0) is 25.7 Å². The molecule has 0 aromatic carbocycles. The molecule has 1 heterocycles. The maximum absolute atomic E-state index is 7.40. The van der Waals surface area contributed by atoms with Crippen LogP contribution in [0.25, 0.3) is 0 Å². The van der Waals surface area contributed by atoms with Crippen molar-refractivity contribution in [3.63, 3.8) is 0 Å². The second-order valence-electron chi connectivity index (χ2n) is 3.28. The van der Waals surface area contributed by atoms with E-state index in [1.165, 1.54) is 12.8 Å². The number of hydrogen-bond donors (Lipinski definition) is 1. The van der Waals surface area contributed by atoms with Gasteiger partial charge in [0.1, 0.15) is 0 Å². The van der Waals surface area contributed by atoms with Crippen molar-refractivity contribution in [3.8, 4) is 0 Å². The normalized spacial score (nSPS) is 26.6. The van der Waals surface area contributed by atoms with Gasteiger partial charge in [0.25, 0.3) is 0 Å². The van der Waals surface area contributed by atoms with Crippen LogP contribution in [0.5, 0.6) is 0 Å². The Morgan fingerprint density at radius 2 is 2.30 bits per heavy atom. The van der Waals surface area contributed by atoms with Crippen molar-refractivity contribution < 1.29 is 0 Å². The van der Waals surface area contributed by atoms with Crippen LogP contribution in [0.4, 0.5) is 0 Å². The number of likely N-dealkylation sites (tertiary alicyclic amines) is 1. The number of nitrogens with zero attached hydrogens (tertiary/aromatic N) is 1. The minimum Gasteiger partial charge on any atom is -0.361 e. The van der Waals surface area contributed by atoms with E-state index in [9.17, 15) is 0 Å². The molecule has 0 amide bonds. The van der Waals surface area contributed by atoms with Crippen molar-refractivity contribution in [1.82, 2.24) is 4.90 Å². The summed E-state index contributed by atoms with van der Waals surface area (Å²) < 4.78 is 0. The highest BCUT2D eigenvalue weighted by molar-refractivity contribution is 5.76. The highest BCUT2D eigenvalue weighted by atomic mass is 15.2. The molecule has 1 aliphatic heterocycles. The number of piperidine rings is 1. The first-order valence-electron chi connectivity index (χ1n) is 4.00. The van der Waals surface area contributed by atoms with Gasteiger partial charge in [0, 0.05) is 13.1 Å². The van der Waals surface area contributed by atoms with E-state index >= 15 is 0 Å². The first-order valence-corrected chi connectivity index (χ1v) is 4.00. The van der Waals surface area contributed by atoms with Crippen molar-refractivity contribution in [2.75, 3.05) is 13.1 Å². The lowest BCUT2D eigenvalue weighted by Crippen LogP contribution is -2.37. The molecule has 0 spiro atoms. The Bertz CT molecular complexity index is 131. The van der Waals surface area contributed by atoms with Gasteiger partial charge in [-0.2, -0.15) is 0 Å². The topological polar surface area (TPSA) is 27.1 Å². The molecule has 1 atom stereocenters. The van der Waals surface area contributed by atoms with Gasteiger partial charge in [0.2, 0.25) is 0 Å². The number of amidine groups is 1. The molecule has 1 rings (SSSR count). The third-order valence-corrected chi connectivity index (χ3v) is 2.13. The fraction of sp³-hybridized carbons (Fsp3) is 0.875. The Hall–Kier alpha value is -0.530. The summed E-state index contributed by atoms with van der Waals surface area (Å²) >= 11 is 0. The molecule has 0 aliphatic carbocycles. The Kier molecular flexibility index (Phi) is 2.30. The van der Waals surface area contributed by atoms with Crippen LogP contribution in [-0.2, 0) is 0 Å². The molecule has 10 heavy (non-hydrogen) atoms. The van der Waals surface area contributed by atoms with Crippen LogP contribution >= 0.6 is 0 Å². The first-order chi connectivity index (χ1) is 4.70. The Labute approximate surface area is 62.7 Å². The molecule has 0 bridgehead atoms. The average molecular weight is 140 g/mol. The molecule has 0 radical (unpaired) electrons. The maximum atomic E-state index is 7.40. The number of nitrogens with one attached hydrogen (secondary N) is 1. The van der Waals surface area contributed by atoms with Crippen LogP contribution in [-0.4, -0.2) is 23.8 Å². The predicted molar refractivity (Wildman–Crippen MR) is 43.4 cm³/mol. The highest BCUT2D eigenvalue weighted by Gasteiger charge is 2.15. The number of rotatable bonds is 0. The van der Waals surface area contributed by atoms with Crippen molar-refractivity contribution >= 4 is 5.84 Å². The van der Waals surface area contributed by atoms with Crippen LogP contribution in [0.1, 0.15) is 26.7 Å². The largest absolute Gasteiger partial charge is 0.361 e. The van der Waals surface area contributed by atoms with Crippen molar-refractivity contribution in [3.05, 3.63) is 0 Å². The van der Waals surface area contributed by atoms with E-state index < -0.39 is 0 Å². The van der Waals surface area contributed by atoms with Gasteiger partial charge >= 0.3 is 0 Å². The van der Waals surface area contributed by atoms with E-state index in [1.54, 1.807) is 0 Å². The zero-order valence-electron chi connectivity index (χ0n) is 6.85. The second-order valence-corrected chi connectivity index (χ2v) is 3.28. The van der Waals surface area contributed by atoms with E-state index in [-0.39, 0.29) is 0 Å². The fourth-order valence-electron chi connectivity index (χ4n) is 1.49. The average Bonchev–Trinajstić information content (AvgIpc) is 1.88. The van der Waals surface area contributed by atoms with E-state index in [0.29, 0.717) is 0 Å². The first kappa shape index (κ1) is 7.58. The van der Waals surface area contributed by atoms with Gasteiger partial charge < -0.3 is 4.90 Å². The lowest BCUT2D eigenvalue weighted by molar-refractivity contribution is 0.271. The zero-order chi connectivity index (χ0) is 7.56. The third kappa shape index (κ3) is 1.72. The van der Waals surface area contributed by atoms with Crippen LogP contribution < -0.4 is 0 Å². The summed E-state index contributed by atoms with van der Waals surface area (Å²) in [6.07, 6.45) is 2.60. The SMILES string of the molecule is CC(=N)N1CCC[C@@H](C)C1. The summed E-state index contributed by atoms with van der Waals surface area (Å²) in [7, 11) is 0. The van der Waals surface area contributed by atoms with Gasteiger partial charge in [-0.15, -0.1) is 0 Å². The summed E-state index contributed by atoms with van der Waals surface area (Å²) in [6.45, 7) is 6.32. The van der Waals surface area contributed by atoms with Crippen LogP contribution in [0.3, 0.4) is 0 Å². The van der Waals surface area contributed by atoms with Crippen molar-refractivity contribution in [2.24, 2.45) is 5.92 Å². The maximum Gasteiger partial charge on any atom is 0.0925 e. The lowest BCUT2D eigenvalue weighted by atomic mass is 10.0. The molecule has 0 aromatic rings. The Morgan fingerprint density at radius 1 is 1.60 bits per heavy atom.